The Morgan fingerprint density at radius 2 is 0.809 bits per heavy atom. The van der Waals surface area contributed by atoms with E-state index in [9.17, 15) is 14.7 Å². The second-order valence-electron chi connectivity index (χ2n) is 15.2. The summed E-state index contributed by atoms with van der Waals surface area (Å²) in [6, 6.07) is 0. The minimum absolute atomic E-state index is 0.0391. The summed E-state index contributed by atoms with van der Waals surface area (Å²) in [5, 5.41) is 10.2. The molecule has 0 heterocycles. The molecule has 0 saturated carbocycles. The maximum absolute atomic E-state index is 13.3. The molecular formula is C43H81NO3. The molecule has 4 heteroatoms. The molecule has 3 N–H and O–H groups in total. The van der Waals surface area contributed by atoms with Gasteiger partial charge in [-0.1, -0.05) is 141 Å². The van der Waals surface area contributed by atoms with Gasteiger partial charge in [-0.2, -0.15) is 0 Å². The van der Waals surface area contributed by atoms with Crippen LogP contribution in [0.1, 0.15) is 214 Å². The number of allylic oxidation sites excluding steroid dienone is 4. The van der Waals surface area contributed by atoms with E-state index in [0.717, 1.165) is 51.4 Å². The number of hydrogen-bond donors (Lipinski definition) is 2. The first kappa shape index (κ1) is 45.7. The van der Waals surface area contributed by atoms with Gasteiger partial charge in [0, 0.05) is 24.3 Å². The van der Waals surface area contributed by atoms with E-state index in [1.165, 1.54) is 116 Å². The Hall–Kier alpha value is -1.26. The summed E-state index contributed by atoms with van der Waals surface area (Å²) in [4.78, 5) is 26.5. The average molecular weight is 660 g/mol. The Bertz CT molecular complexity index is 765. The SMILES string of the molecule is CCCCCCCC/C=C\CCCCCCCC(=O)C(CO)C(CC(C)(C)N)C(=O)CCCCCCC/C=C\CCCCCCCC. The summed E-state index contributed by atoms with van der Waals surface area (Å²) in [7, 11) is 0. The van der Waals surface area contributed by atoms with Crippen LogP contribution in [-0.2, 0) is 9.59 Å². The number of carbonyl (C=O) groups excluding carboxylic acids is 2. The van der Waals surface area contributed by atoms with Crippen LogP contribution < -0.4 is 5.73 Å². The maximum Gasteiger partial charge on any atom is 0.138 e. The van der Waals surface area contributed by atoms with E-state index in [2.05, 4.69) is 38.2 Å². The van der Waals surface area contributed by atoms with Crippen molar-refractivity contribution in [2.45, 2.75) is 219 Å². The zero-order valence-corrected chi connectivity index (χ0v) is 32.0. The molecule has 0 rings (SSSR count). The molecule has 0 aromatic rings. The molecule has 0 aliphatic rings. The summed E-state index contributed by atoms with van der Waals surface area (Å²) in [6.45, 7) is 8.10. The highest BCUT2D eigenvalue weighted by molar-refractivity contribution is 5.90. The highest BCUT2D eigenvalue weighted by Gasteiger charge is 2.35. The van der Waals surface area contributed by atoms with E-state index < -0.39 is 17.4 Å². The second-order valence-corrected chi connectivity index (χ2v) is 15.2. The normalized spacial score (nSPS) is 13.6. The lowest BCUT2D eigenvalue weighted by molar-refractivity contribution is -0.135. The summed E-state index contributed by atoms with van der Waals surface area (Å²) < 4.78 is 0. The molecule has 276 valence electrons. The van der Waals surface area contributed by atoms with Crippen molar-refractivity contribution in [1.82, 2.24) is 0 Å². The third-order valence-electron chi connectivity index (χ3n) is 9.63. The Kier molecular flexibility index (Phi) is 32.4. The highest BCUT2D eigenvalue weighted by Crippen LogP contribution is 2.27. The van der Waals surface area contributed by atoms with Crippen LogP contribution in [0.5, 0.6) is 0 Å². The molecule has 0 aliphatic carbocycles. The van der Waals surface area contributed by atoms with Gasteiger partial charge >= 0.3 is 0 Å². The van der Waals surface area contributed by atoms with Crippen molar-refractivity contribution in [2.24, 2.45) is 17.6 Å². The Labute approximate surface area is 293 Å². The Morgan fingerprint density at radius 3 is 1.13 bits per heavy atom. The van der Waals surface area contributed by atoms with Crippen molar-refractivity contribution >= 4 is 11.6 Å². The molecule has 4 nitrogen and oxygen atoms in total. The van der Waals surface area contributed by atoms with Crippen molar-refractivity contribution < 1.29 is 14.7 Å². The summed E-state index contributed by atoms with van der Waals surface area (Å²) in [5.41, 5.74) is 5.78. The molecular weight excluding hydrogens is 578 g/mol. The van der Waals surface area contributed by atoms with Gasteiger partial charge in [0.25, 0.3) is 0 Å². The number of nitrogens with two attached hydrogens (primary N) is 1. The average Bonchev–Trinajstić information content (AvgIpc) is 3.04. The molecule has 0 radical (unpaired) electrons. The van der Waals surface area contributed by atoms with Crippen LogP contribution >= 0.6 is 0 Å². The van der Waals surface area contributed by atoms with Gasteiger partial charge in [-0.3, -0.25) is 9.59 Å². The van der Waals surface area contributed by atoms with Crippen LogP contribution in [0.3, 0.4) is 0 Å². The van der Waals surface area contributed by atoms with Gasteiger partial charge in [-0.05, 0) is 84.5 Å². The number of rotatable bonds is 36. The lowest BCUT2D eigenvalue weighted by Gasteiger charge is -2.30. The standard InChI is InChI=1S/C43H81NO3/c1-5-7-9-11-13-15-17-19-21-23-25-27-29-31-33-35-41(46)39(37-43(3,4)44)40(38-45)42(47)36-34-32-30-28-26-24-22-20-18-16-14-12-10-8-6-2/h19-22,39-40,45H,5-18,23-38,44H2,1-4H3/b21-19-,22-20-. The van der Waals surface area contributed by atoms with Gasteiger partial charge in [-0.15, -0.1) is 0 Å². The predicted octanol–water partition coefficient (Wildman–Crippen LogP) is 12.6. The molecule has 0 aromatic heterocycles. The first-order valence-corrected chi connectivity index (χ1v) is 20.5. The van der Waals surface area contributed by atoms with E-state index in [1.54, 1.807) is 0 Å². The fourth-order valence-corrected chi connectivity index (χ4v) is 6.61. The third-order valence-corrected chi connectivity index (χ3v) is 9.63. The lowest BCUT2D eigenvalue weighted by atomic mass is 9.76. The number of unbranched alkanes of at least 4 members (excludes halogenated alkanes) is 22. The molecule has 0 aromatic carbocycles. The van der Waals surface area contributed by atoms with Gasteiger partial charge in [0.05, 0.1) is 12.5 Å². The minimum atomic E-state index is -0.620. The Balaban J connectivity index is 4.21. The van der Waals surface area contributed by atoms with Crippen LogP contribution in [0.15, 0.2) is 24.3 Å². The fraction of sp³-hybridized carbons (Fsp3) is 0.860. The third kappa shape index (κ3) is 30.5. The molecule has 0 bridgehead atoms. The molecule has 0 fully saturated rings. The number of Topliss-reactive ketones (excluding diaryl/α,β-unsaturated/α-hetero) is 2. The first-order chi connectivity index (χ1) is 22.8. The molecule has 0 spiro atoms. The van der Waals surface area contributed by atoms with Gasteiger partial charge in [-0.25, -0.2) is 0 Å². The largest absolute Gasteiger partial charge is 0.396 e. The highest BCUT2D eigenvalue weighted by atomic mass is 16.3. The topological polar surface area (TPSA) is 80.4 Å². The number of aliphatic hydroxyl groups is 1. The van der Waals surface area contributed by atoms with E-state index in [-0.39, 0.29) is 18.2 Å². The van der Waals surface area contributed by atoms with Gasteiger partial charge in [0.1, 0.15) is 11.6 Å². The second kappa shape index (κ2) is 33.2. The Morgan fingerprint density at radius 1 is 0.511 bits per heavy atom. The van der Waals surface area contributed by atoms with Crippen molar-refractivity contribution in [1.29, 1.82) is 0 Å². The van der Waals surface area contributed by atoms with Crippen molar-refractivity contribution in [3.63, 3.8) is 0 Å². The number of ketones is 2. The number of carbonyl (C=O) groups is 2. The van der Waals surface area contributed by atoms with Crippen LogP contribution in [0.2, 0.25) is 0 Å². The zero-order valence-electron chi connectivity index (χ0n) is 32.0. The lowest BCUT2D eigenvalue weighted by Crippen LogP contribution is -2.42. The van der Waals surface area contributed by atoms with Gasteiger partial charge in [0.15, 0.2) is 0 Å². The smallest absolute Gasteiger partial charge is 0.138 e. The fourth-order valence-electron chi connectivity index (χ4n) is 6.61. The van der Waals surface area contributed by atoms with Crippen molar-refractivity contribution in [3.8, 4) is 0 Å². The van der Waals surface area contributed by atoms with Crippen LogP contribution in [0.25, 0.3) is 0 Å². The first-order valence-electron chi connectivity index (χ1n) is 20.5. The molecule has 2 atom stereocenters. The molecule has 0 aliphatic heterocycles. The minimum Gasteiger partial charge on any atom is -0.396 e. The van der Waals surface area contributed by atoms with Crippen LogP contribution in [-0.4, -0.2) is 28.8 Å². The van der Waals surface area contributed by atoms with Crippen molar-refractivity contribution in [3.05, 3.63) is 24.3 Å². The predicted molar refractivity (Wildman–Crippen MR) is 206 cm³/mol. The van der Waals surface area contributed by atoms with E-state index in [1.807, 2.05) is 13.8 Å². The maximum atomic E-state index is 13.3. The van der Waals surface area contributed by atoms with Gasteiger partial charge in [0.2, 0.25) is 0 Å². The number of hydrogen-bond acceptors (Lipinski definition) is 4. The number of aliphatic hydroxyl groups excluding tert-OH is 1. The molecule has 2 unspecified atom stereocenters. The molecule has 0 saturated heterocycles. The van der Waals surface area contributed by atoms with Crippen LogP contribution in [0, 0.1) is 11.8 Å². The summed E-state index contributed by atoms with van der Waals surface area (Å²) in [5.74, 6) is -0.951. The molecule has 0 amide bonds. The van der Waals surface area contributed by atoms with Gasteiger partial charge < -0.3 is 10.8 Å². The summed E-state index contributed by atoms with van der Waals surface area (Å²) in [6.07, 6.45) is 42.6. The summed E-state index contributed by atoms with van der Waals surface area (Å²) >= 11 is 0. The van der Waals surface area contributed by atoms with E-state index in [0.29, 0.717) is 19.3 Å². The van der Waals surface area contributed by atoms with E-state index >= 15 is 0 Å². The van der Waals surface area contributed by atoms with Crippen molar-refractivity contribution in [2.75, 3.05) is 6.61 Å². The quantitative estimate of drug-likeness (QED) is 0.0518. The molecule has 47 heavy (non-hydrogen) atoms. The van der Waals surface area contributed by atoms with E-state index in [4.69, 9.17) is 5.73 Å². The zero-order chi connectivity index (χ0) is 34.9. The van der Waals surface area contributed by atoms with Crippen LogP contribution in [0.4, 0.5) is 0 Å². The monoisotopic (exact) mass is 660 g/mol.